The number of methoxy groups -OCH3 is 1. The summed E-state index contributed by atoms with van der Waals surface area (Å²) >= 11 is 0. The molecule has 0 saturated heterocycles. The lowest BCUT2D eigenvalue weighted by molar-refractivity contribution is 0.175. The molecule has 10 heavy (non-hydrogen) atoms. The van der Waals surface area contributed by atoms with Crippen LogP contribution in [0.4, 0.5) is 4.79 Å². The Morgan fingerprint density at radius 3 is 2.70 bits per heavy atom. The zero-order valence-electron chi connectivity index (χ0n) is 6.13. The summed E-state index contributed by atoms with van der Waals surface area (Å²) < 4.78 is 4.31. The normalized spacial score (nSPS) is 10.6. The van der Waals surface area contributed by atoms with Gasteiger partial charge in [-0.2, -0.15) is 0 Å². The van der Waals surface area contributed by atoms with Gasteiger partial charge in [0.1, 0.15) is 0 Å². The van der Waals surface area contributed by atoms with Crippen molar-refractivity contribution in [2.24, 2.45) is 0 Å². The largest absolute Gasteiger partial charge is 0.453 e. The van der Waals surface area contributed by atoms with E-state index in [1.165, 1.54) is 13.3 Å². The molecule has 1 N–H and O–H groups in total. The molecule has 0 spiro atoms. The first kappa shape index (κ1) is 8.75. The quantitative estimate of drug-likeness (QED) is 0.591. The fourth-order valence-electron chi connectivity index (χ4n) is 0.342. The van der Waals surface area contributed by atoms with Crippen molar-refractivity contribution in [2.45, 2.75) is 6.92 Å². The number of carbonyl (C=O) groups excluding carboxylic acids is 1. The van der Waals surface area contributed by atoms with E-state index in [1.54, 1.807) is 12.2 Å². The molecule has 0 atom stereocenters. The average Bonchev–Trinajstić information content (AvgIpc) is 1.98. The van der Waals surface area contributed by atoms with Crippen molar-refractivity contribution >= 4 is 6.09 Å². The van der Waals surface area contributed by atoms with Crippen LogP contribution in [0, 0.1) is 0 Å². The molecule has 0 unspecified atom stereocenters. The van der Waals surface area contributed by atoms with Gasteiger partial charge < -0.3 is 4.74 Å². The van der Waals surface area contributed by atoms with E-state index in [1.807, 2.05) is 13.0 Å². The summed E-state index contributed by atoms with van der Waals surface area (Å²) in [6, 6.07) is 0. The van der Waals surface area contributed by atoms with Crippen molar-refractivity contribution in [1.82, 2.24) is 5.32 Å². The maximum Gasteiger partial charge on any atom is 0.410 e. The van der Waals surface area contributed by atoms with Gasteiger partial charge in [-0.15, -0.1) is 0 Å². The maximum atomic E-state index is 10.4. The minimum atomic E-state index is -0.458. The third-order valence-corrected chi connectivity index (χ3v) is 0.786. The van der Waals surface area contributed by atoms with E-state index < -0.39 is 6.09 Å². The molecule has 0 aromatic carbocycles. The predicted molar refractivity (Wildman–Crippen MR) is 39.5 cm³/mol. The molecule has 0 aliphatic carbocycles. The second kappa shape index (κ2) is 5.88. The molecular formula is C7H11NO2. The molecule has 56 valence electrons. The van der Waals surface area contributed by atoms with Gasteiger partial charge in [0.05, 0.1) is 7.11 Å². The van der Waals surface area contributed by atoms with Gasteiger partial charge in [-0.05, 0) is 13.0 Å². The molecule has 0 aromatic heterocycles. The van der Waals surface area contributed by atoms with Gasteiger partial charge in [0, 0.05) is 6.20 Å². The lowest BCUT2D eigenvalue weighted by Crippen LogP contribution is -2.15. The van der Waals surface area contributed by atoms with Crippen molar-refractivity contribution < 1.29 is 9.53 Å². The fourth-order valence-corrected chi connectivity index (χ4v) is 0.342. The molecule has 0 aliphatic rings. The number of allylic oxidation sites excluding steroid dienone is 3. The van der Waals surface area contributed by atoms with Crippen LogP contribution in [0.5, 0.6) is 0 Å². The molecule has 0 aliphatic heterocycles. The second-order valence-corrected chi connectivity index (χ2v) is 1.52. The Labute approximate surface area is 60.4 Å². The SMILES string of the molecule is C/C=C/C=C/NC(=O)OC. The molecule has 0 aromatic rings. The van der Waals surface area contributed by atoms with Gasteiger partial charge in [-0.1, -0.05) is 12.2 Å². The highest BCUT2D eigenvalue weighted by atomic mass is 16.5. The minimum absolute atomic E-state index is 0.458. The van der Waals surface area contributed by atoms with Gasteiger partial charge in [0.2, 0.25) is 0 Å². The molecule has 0 bridgehead atoms. The highest BCUT2D eigenvalue weighted by Crippen LogP contribution is 1.74. The summed E-state index contributed by atoms with van der Waals surface area (Å²) in [6.07, 6.45) is 6.41. The van der Waals surface area contributed by atoms with Crippen LogP contribution in [0.1, 0.15) is 6.92 Å². The van der Waals surface area contributed by atoms with E-state index in [0.29, 0.717) is 0 Å². The van der Waals surface area contributed by atoms with E-state index in [9.17, 15) is 4.79 Å². The highest BCUT2D eigenvalue weighted by molar-refractivity contribution is 5.68. The summed E-state index contributed by atoms with van der Waals surface area (Å²) in [4.78, 5) is 10.4. The van der Waals surface area contributed by atoms with Crippen molar-refractivity contribution in [2.75, 3.05) is 7.11 Å². The zero-order chi connectivity index (χ0) is 7.82. The van der Waals surface area contributed by atoms with Gasteiger partial charge in [0.25, 0.3) is 0 Å². The van der Waals surface area contributed by atoms with E-state index in [4.69, 9.17) is 0 Å². The lowest BCUT2D eigenvalue weighted by Gasteiger charge is -1.93. The van der Waals surface area contributed by atoms with Crippen LogP contribution in [-0.4, -0.2) is 13.2 Å². The Kier molecular flexibility index (Phi) is 5.14. The van der Waals surface area contributed by atoms with Crippen molar-refractivity contribution in [3.63, 3.8) is 0 Å². The number of hydrogen-bond donors (Lipinski definition) is 1. The van der Waals surface area contributed by atoms with Crippen LogP contribution in [0.2, 0.25) is 0 Å². The molecule has 0 fully saturated rings. The summed E-state index contributed by atoms with van der Waals surface area (Å²) in [5.41, 5.74) is 0. The summed E-state index contributed by atoms with van der Waals surface area (Å²) in [5, 5.41) is 2.37. The molecule has 0 rings (SSSR count). The smallest absolute Gasteiger partial charge is 0.410 e. The summed E-state index contributed by atoms with van der Waals surface area (Å²) in [5.74, 6) is 0. The third kappa shape index (κ3) is 4.90. The van der Waals surface area contributed by atoms with Gasteiger partial charge in [0.15, 0.2) is 0 Å². The predicted octanol–water partition coefficient (Wildman–Crippen LogP) is 1.43. The van der Waals surface area contributed by atoms with Crippen LogP contribution in [-0.2, 0) is 4.74 Å². The average molecular weight is 141 g/mol. The maximum absolute atomic E-state index is 10.4. The van der Waals surface area contributed by atoms with E-state index in [2.05, 4.69) is 10.1 Å². The number of carbonyl (C=O) groups is 1. The van der Waals surface area contributed by atoms with Gasteiger partial charge >= 0.3 is 6.09 Å². The molecule has 0 radical (unpaired) electrons. The lowest BCUT2D eigenvalue weighted by atomic mass is 10.5. The summed E-state index contributed by atoms with van der Waals surface area (Å²) in [6.45, 7) is 1.89. The first-order valence-corrected chi connectivity index (χ1v) is 2.93. The highest BCUT2D eigenvalue weighted by Gasteiger charge is 1.88. The van der Waals surface area contributed by atoms with Crippen LogP contribution in [0.3, 0.4) is 0 Å². The number of amides is 1. The Hall–Kier alpha value is -1.25. The molecular weight excluding hydrogens is 130 g/mol. The van der Waals surface area contributed by atoms with Crippen LogP contribution >= 0.6 is 0 Å². The standard InChI is InChI=1S/C7H11NO2/c1-3-4-5-6-8-7(9)10-2/h3-6H,1-2H3,(H,8,9)/b4-3+,6-5+. The number of rotatable bonds is 2. The van der Waals surface area contributed by atoms with Crippen LogP contribution in [0.15, 0.2) is 24.4 Å². The number of ether oxygens (including phenoxy) is 1. The van der Waals surface area contributed by atoms with E-state index in [0.717, 1.165) is 0 Å². The van der Waals surface area contributed by atoms with Gasteiger partial charge in [-0.25, -0.2) is 4.79 Å². The Balaban J connectivity index is 3.43. The van der Waals surface area contributed by atoms with Gasteiger partial charge in [-0.3, -0.25) is 5.32 Å². The Morgan fingerprint density at radius 2 is 2.20 bits per heavy atom. The first-order valence-electron chi connectivity index (χ1n) is 2.93. The number of hydrogen-bond acceptors (Lipinski definition) is 2. The van der Waals surface area contributed by atoms with Crippen LogP contribution < -0.4 is 5.32 Å². The van der Waals surface area contributed by atoms with Crippen LogP contribution in [0.25, 0.3) is 0 Å². The fraction of sp³-hybridized carbons (Fsp3) is 0.286. The number of nitrogens with one attached hydrogen (secondary N) is 1. The van der Waals surface area contributed by atoms with Crippen molar-refractivity contribution in [1.29, 1.82) is 0 Å². The third-order valence-electron chi connectivity index (χ3n) is 0.786. The monoisotopic (exact) mass is 141 g/mol. The van der Waals surface area contributed by atoms with Crippen molar-refractivity contribution in [3.05, 3.63) is 24.4 Å². The first-order chi connectivity index (χ1) is 4.81. The molecule has 1 amide bonds. The second-order valence-electron chi connectivity index (χ2n) is 1.52. The van der Waals surface area contributed by atoms with E-state index in [-0.39, 0.29) is 0 Å². The number of alkyl carbamates (subject to hydrolysis) is 1. The van der Waals surface area contributed by atoms with E-state index >= 15 is 0 Å². The Morgan fingerprint density at radius 1 is 1.50 bits per heavy atom. The van der Waals surface area contributed by atoms with Crippen molar-refractivity contribution in [3.8, 4) is 0 Å². The summed E-state index contributed by atoms with van der Waals surface area (Å²) in [7, 11) is 1.32. The topological polar surface area (TPSA) is 38.3 Å². The molecule has 3 heteroatoms. The molecule has 0 saturated carbocycles. The minimum Gasteiger partial charge on any atom is -0.453 e. The molecule has 3 nitrogen and oxygen atoms in total. The molecule has 0 heterocycles. The Bertz CT molecular complexity index is 150. The zero-order valence-corrected chi connectivity index (χ0v) is 6.13.